The Balaban J connectivity index is 1.57. The molecule has 0 radical (unpaired) electrons. The molecule has 132 valence electrons. The van der Waals surface area contributed by atoms with Crippen LogP contribution in [0.2, 0.25) is 0 Å². The van der Waals surface area contributed by atoms with Gasteiger partial charge in [-0.1, -0.05) is 48.5 Å². The first-order chi connectivity index (χ1) is 12.7. The molecule has 0 saturated heterocycles. The highest BCUT2D eigenvalue weighted by Crippen LogP contribution is 2.17. The fourth-order valence-corrected chi connectivity index (χ4v) is 3.22. The summed E-state index contributed by atoms with van der Waals surface area (Å²) < 4.78 is 5.83. The number of ether oxygens (including phenoxy) is 1. The normalized spacial score (nSPS) is 10.8. The molecule has 0 bridgehead atoms. The summed E-state index contributed by atoms with van der Waals surface area (Å²) in [5.74, 6) is 0.768. The van der Waals surface area contributed by atoms with Gasteiger partial charge in [0, 0.05) is 18.0 Å². The van der Waals surface area contributed by atoms with Crippen LogP contribution in [0.15, 0.2) is 78.2 Å². The lowest BCUT2D eigenvalue weighted by Gasteiger charge is -2.13. The molecule has 1 aromatic heterocycles. The molecule has 3 aromatic rings. The Labute approximate surface area is 158 Å². The van der Waals surface area contributed by atoms with Crippen LogP contribution in [-0.2, 0) is 17.9 Å². The zero-order valence-electron chi connectivity index (χ0n) is 14.7. The Morgan fingerprint density at radius 1 is 1.08 bits per heavy atom. The molecule has 0 fully saturated rings. The standard InChI is InChI=1S/C22H21NO2S/c1-23(16-21-11-6-14-26-21)22(24)13-12-18-9-5-10-20(15-18)25-17-19-7-3-2-4-8-19/h2-15H,16-17H2,1H3/b13-12+. The first kappa shape index (κ1) is 18.0. The minimum atomic E-state index is -0.0194. The first-order valence-electron chi connectivity index (χ1n) is 8.43. The predicted molar refractivity (Wildman–Crippen MR) is 107 cm³/mol. The van der Waals surface area contributed by atoms with Crippen molar-refractivity contribution >= 4 is 23.3 Å². The van der Waals surface area contributed by atoms with Crippen molar-refractivity contribution < 1.29 is 9.53 Å². The Hall–Kier alpha value is -2.85. The van der Waals surface area contributed by atoms with Crippen LogP contribution in [-0.4, -0.2) is 17.9 Å². The molecular formula is C22H21NO2S. The number of amides is 1. The van der Waals surface area contributed by atoms with E-state index in [2.05, 4.69) is 0 Å². The van der Waals surface area contributed by atoms with Crippen molar-refractivity contribution in [2.45, 2.75) is 13.2 Å². The number of nitrogens with zero attached hydrogens (tertiary/aromatic N) is 1. The molecule has 1 heterocycles. The van der Waals surface area contributed by atoms with Crippen LogP contribution in [0.25, 0.3) is 6.08 Å². The third-order valence-electron chi connectivity index (χ3n) is 3.87. The lowest BCUT2D eigenvalue weighted by atomic mass is 10.2. The maximum atomic E-state index is 12.3. The lowest BCUT2D eigenvalue weighted by molar-refractivity contribution is -0.125. The number of hydrogen-bond acceptors (Lipinski definition) is 3. The minimum absolute atomic E-state index is 0.0194. The largest absolute Gasteiger partial charge is 0.489 e. The molecule has 0 aliphatic heterocycles. The fraction of sp³-hybridized carbons (Fsp3) is 0.136. The molecule has 0 aliphatic carbocycles. The molecule has 3 nitrogen and oxygen atoms in total. The van der Waals surface area contributed by atoms with Gasteiger partial charge in [0.2, 0.25) is 5.91 Å². The van der Waals surface area contributed by atoms with E-state index in [1.165, 1.54) is 4.88 Å². The summed E-state index contributed by atoms with van der Waals surface area (Å²) in [5, 5.41) is 2.02. The molecule has 0 saturated carbocycles. The molecule has 26 heavy (non-hydrogen) atoms. The van der Waals surface area contributed by atoms with Gasteiger partial charge in [0.25, 0.3) is 0 Å². The van der Waals surface area contributed by atoms with Gasteiger partial charge in [0.15, 0.2) is 0 Å². The van der Waals surface area contributed by atoms with Gasteiger partial charge >= 0.3 is 0 Å². The molecule has 4 heteroatoms. The van der Waals surface area contributed by atoms with Crippen molar-refractivity contribution in [3.05, 3.63) is 94.2 Å². The number of carbonyl (C=O) groups excluding carboxylic acids is 1. The first-order valence-corrected chi connectivity index (χ1v) is 9.31. The van der Waals surface area contributed by atoms with Gasteiger partial charge in [-0.05, 0) is 40.8 Å². The van der Waals surface area contributed by atoms with Crippen molar-refractivity contribution in [1.29, 1.82) is 0 Å². The van der Waals surface area contributed by atoms with Crippen molar-refractivity contribution in [1.82, 2.24) is 4.90 Å². The molecule has 1 amide bonds. The zero-order valence-corrected chi connectivity index (χ0v) is 15.5. The predicted octanol–water partition coefficient (Wildman–Crippen LogP) is 5.00. The molecule has 0 unspecified atom stereocenters. The van der Waals surface area contributed by atoms with Gasteiger partial charge in [0.1, 0.15) is 12.4 Å². The van der Waals surface area contributed by atoms with E-state index in [-0.39, 0.29) is 5.91 Å². The third kappa shape index (κ3) is 5.33. The monoisotopic (exact) mass is 363 g/mol. The summed E-state index contributed by atoms with van der Waals surface area (Å²) in [6.45, 7) is 1.15. The van der Waals surface area contributed by atoms with Gasteiger partial charge < -0.3 is 9.64 Å². The Morgan fingerprint density at radius 3 is 2.69 bits per heavy atom. The summed E-state index contributed by atoms with van der Waals surface area (Å²) in [7, 11) is 1.81. The van der Waals surface area contributed by atoms with Crippen molar-refractivity contribution in [2.75, 3.05) is 7.05 Å². The second kappa shape index (κ2) is 9.02. The molecule has 0 aliphatic rings. The van der Waals surface area contributed by atoms with Crippen LogP contribution >= 0.6 is 11.3 Å². The molecule has 0 spiro atoms. The molecule has 0 atom stereocenters. The molecule has 0 N–H and O–H groups in total. The average Bonchev–Trinajstić information content (AvgIpc) is 3.18. The Bertz CT molecular complexity index is 857. The average molecular weight is 363 g/mol. The van der Waals surface area contributed by atoms with E-state index in [0.29, 0.717) is 13.2 Å². The highest BCUT2D eigenvalue weighted by atomic mass is 32.1. The maximum absolute atomic E-state index is 12.3. The summed E-state index contributed by atoms with van der Waals surface area (Å²) in [6.07, 6.45) is 3.42. The van der Waals surface area contributed by atoms with E-state index in [9.17, 15) is 4.79 Å². The van der Waals surface area contributed by atoms with E-state index in [1.54, 1.807) is 22.3 Å². The summed E-state index contributed by atoms with van der Waals surface area (Å²) in [6, 6.07) is 21.8. The van der Waals surface area contributed by atoms with Gasteiger partial charge in [-0.25, -0.2) is 0 Å². The number of hydrogen-bond donors (Lipinski definition) is 0. The van der Waals surface area contributed by atoms with E-state index < -0.39 is 0 Å². The van der Waals surface area contributed by atoms with Gasteiger partial charge in [-0.3, -0.25) is 4.79 Å². The van der Waals surface area contributed by atoms with Crippen LogP contribution in [0, 0.1) is 0 Å². The lowest BCUT2D eigenvalue weighted by Crippen LogP contribution is -2.23. The number of thiophene rings is 1. The number of likely N-dealkylation sites (N-methyl/N-ethyl adjacent to an activating group) is 1. The minimum Gasteiger partial charge on any atom is -0.489 e. The topological polar surface area (TPSA) is 29.5 Å². The van der Waals surface area contributed by atoms with E-state index in [1.807, 2.05) is 85.2 Å². The Morgan fingerprint density at radius 2 is 1.92 bits per heavy atom. The maximum Gasteiger partial charge on any atom is 0.246 e. The van der Waals surface area contributed by atoms with Crippen LogP contribution in [0.5, 0.6) is 5.75 Å². The van der Waals surface area contributed by atoms with Crippen molar-refractivity contribution in [3.8, 4) is 5.75 Å². The van der Waals surface area contributed by atoms with Gasteiger partial charge in [-0.15, -0.1) is 11.3 Å². The van der Waals surface area contributed by atoms with Gasteiger partial charge in [-0.2, -0.15) is 0 Å². The van der Waals surface area contributed by atoms with Crippen LogP contribution in [0.1, 0.15) is 16.0 Å². The summed E-state index contributed by atoms with van der Waals surface area (Å²) in [4.78, 5) is 15.1. The Kier molecular flexibility index (Phi) is 6.23. The van der Waals surface area contributed by atoms with Crippen LogP contribution in [0.4, 0.5) is 0 Å². The zero-order chi connectivity index (χ0) is 18.2. The van der Waals surface area contributed by atoms with Crippen molar-refractivity contribution in [2.24, 2.45) is 0 Å². The number of benzene rings is 2. The van der Waals surface area contributed by atoms with E-state index in [0.717, 1.165) is 16.9 Å². The quantitative estimate of drug-likeness (QED) is 0.553. The van der Waals surface area contributed by atoms with E-state index in [4.69, 9.17) is 4.74 Å². The van der Waals surface area contributed by atoms with Crippen LogP contribution in [0.3, 0.4) is 0 Å². The molecule has 2 aromatic carbocycles. The summed E-state index contributed by atoms with van der Waals surface area (Å²) in [5.41, 5.74) is 2.06. The fourth-order valence-electron chi connectivity index (χ4n) is 2.46. The van der Waals surface area contributed by atoms with Gasteiger partial charge in [0.05, 0.1) is 6.54 Å². The molecule has 3 rings (SSSR count). The SMILES string of the molecule is CN(Cc1cccs1)C(=O)/C=C/c1cccc(OCc2ccccc2)c1. The highest BCUT2D eigenvalue weighted by Gasteiger charge is 2.06. The van der Waals surface area contributed by atoms with E-state index >= 15 is 0 Å². The smallest absolute Gasteiger partial charge is 0.246 e. The summed E-state index contributed by atoms with van der Waals surface area (Å²) >= 11 is 1.65. The third-order valence-corrected chi connectivity index (χ3v) is 4.74. The molecular weight excluding hydrogens is 342 g/mol. The second-order valence-corrected chi connectivity index (χ2v) is 6.99. The number of rotatable bonds is 7. The second-order valence-electron chi connectivity index (χ2n) is 5.95. The van der Waals surface area contributed by atoms with Crippen molar-refractivity contribution in [3.63, 3.8) is 0 Å². The number of carbonyl (C=O) groups is 1. The highest BCUT2D eigenvalue weighted by molar-refractivity contribution is 7.09. The van der Waals surface area contributed by atoms with Crippen LogP contribution < -0.4 is 4.74 Å².